The van der Waals surface area contributed by atoms with E-state index in [1.807, 2.05) is 46.9 Å². The highest BCUT2D eigenvalue weighted by Gasteiger charge is 2.51. The minimum absolute atomic E-state index is 0.370. The highest BCUT2D eigenvalue weighted by atomic mass is 16.7. The zero-order valence-corrected chi connectivity index (χ0v) is 15.5. The molecule has 3 rings (SSSR count). The van der Waals surface area contributed by atoms with Crippen LogP contribution < -0.4 is 16.3 Å². The molecule has 25 heavy (non-hydrogen) atoms. The Morgan fingerprint density at radius 1 is 1.04 bits per heavy atom. The van der Waals surface area contributed by atoms with Gasteiger partial charge in [0.05, 0.1) is 11.2 Å². The minimum Gasteiger partial charge on any atom is -0.399 e. The van der Waals surface area contributed by atoms with Crippen molar-refractivity contribution in [3.63, 3.8) is 0 Å². The summed E-state index contributed by atoms with van der Waals surface area (Å²) in [6.45, 7) is 8.87. The Balaban J connectivity index is 1.77. The van der Waals surface area contributed by atoms with Crippen molar-refractivity contribution in [2.75, 3.05) is 7.05 Å². The molecule has 1 aliphatic rings. The van der Waals surface area contributed by atoms with Gasteiger partial charge in [0, 0.05) is 30.0 Å². The quantitative estimate of drug-likeness (QED) is 0.638. The summed E-state index contributed by atoms with van der Waals surface area (Å²) in [5, 5.41) is 0. The second-order valence-electron chi connectivity index (χ2n) is 7.23. The fourth-order valence-electron chi connectivity index (χ4n) is 2.60. The molecule has 0 radical (unpaired) electrons. The molecule has 132 valence electrons. The summed E-state index contributed by atoms with van der Waals surface area (Å²) in [5.74, 6) is 0.687. The lowest BCUT2D eigenvalue weighted by atomic mass is 9.81. The normalized spacial score (nSPS) is 18.5. The third kappa shape index (κ3) is 3.74. The van der Waals surface area contributed by atoms with Crippen molar-refractivity contribution < 1.29 is 9.31 Å². The SMILES string of the molecule is CNNCc1cccc(-c2ncc(B3OC(C)(C)C(C)(C)O3)cn2)c1. The maximum Gasteiger partial charge on any atom is 0.498 e. The predicted molar refractivity (Wildman–Crippen MR) is 99.1 cm³/mol. The summed E-state index contributed by atoms with van der Waals surface area (Å²) >= 11 is 0. The van der Waals surface area contributed by atoms with Crippen LogP contribution in [0.5, 0.6) is 0 Å². The molecule has 1 saturated heterocycles. The van der Waals surface area contributed by atoms with Crippen LogP contribution in [-0.2, 0) is 15.9 Å². The Bertz CT molecular complexity index is 718. The Morgan fingerprint density at radius 3 is 2.28 bits per heavy atom. The molecule has 2 N–H and O–H groups in total. The molecule has 1 aliphatic heterocycles. The molecule has 0 amide bonds. The van der Waals surface area contributed by atoms with Gasteiger partial charge in [-0.05, 0) is 46.4 Å². The van der Waals surface area contributed by atoms with E-state index in [2.05, 4.69) is 33.0 Å². The van der Waals surface area contributed by atoms with E-state index in [0.29, 0.717) is 5.82 Å². The van der Waals surface area contributed by atoms with Crippen LogP contribution in [0.1, 0.15) is 33.3 Å². The van der Waals surface area contributed by atoms with Crippen LogP contribution in [-0.4, -0.2) is 35.3 Å². The number of benzene rings is 1. The molecule has 0 aliphatic carbocycles. The van der Waals surface area contributed by atoms with Gasteiger partial charge in [-0.2, -0.15) is 0 Å². The molecular formula is C18H25BN4O2. The minimum atomic E-state index is -0.440. The zero-order valence-electron chi connectivity index (χ0n) is 15.5. The molecular weight excluding hydrogens is 315 g/mol. The summed E-state index contributed by atoms with van der Waals surface area (Å²) in [6.07, 6.45) is 3.56. The smallest absolute Gasteiger partial charge is 0.399 e. The van der Waals surface area contributed by atoms with E-state index in [1.54, 1.807) is 12.4 Å². The second kappa shape index (κ2) is 6.84. The molecule has 6 nitrogen and oxygen atoms in total. The number of rotatable bonds is 5. The molecule has 0 spiro atoms. The lowest BCUT2D eigenvalue weighted by Gasteiger charge is -2.32. The first-order valence-electron chi connectivity index (χ1n) is 8.49. The van der Waals surface area contributed by atoms with E-state index < -0.39 is 7.12 Å². The number of hydrogen-bond donors (Lipinski definition) is 2. The van der Waals surface area contributed by atoms with E-state index in [4.69, 9.17) is 9.31 Å². The fourth-order valence-corrected chi connectivity index (χ4v) is 2.60. The summed E-state index contributed by atoms with van der Waals surface area (Å²) < 4.78 is 12.1. The van der Waals surface area contributed by atoms with Gasteiger partial charge in [0.15, 0.2) is 5.82 Å². The van der Waals surface area contributed by atoms with Crippen LogP contribution in [0, 0.1) is 0 Å². The van der Waals surface area contributed by atoms with Crippen LogP contribution in [0.25, 0.3) is 11.4 Å². The second-order valence-corrected chi connectivity index (χ2v) is 7.23. The first-order chi connectivity index (χ1) is 11.8. The number of hydrogen-bond acceptors (Lipinski definition) is 6. The lowest BCUT2D eigenvalue weighted by molar-refractivity contribution is 0.00578. The molecule has 2 heterocycles. The van der Waals surface area contributed by atoms with Gasteiger partial charge in [-0.3, -0.25) is 10.9 Å². The monoisotopic (exact) mass is 340 g/mol. The molecule has 1 fully saturated rings. The topological polar surface area (TPSA) is 68.3 Å². The van der Waals surface area contributed by atoms with Crippen molar-refractivity contribution in [2.24, 2.45) is 0 Å². The number of nitrogens with zero attached hydrogens (tertiary/aromatic N) is 2. The summed E-state index contributed by atoms with van der Waals surface area (Å²) in [4.78, 5) is 9.01. The Kier molecular flexibility index (Phi) is 4.93. The number of hydrazine groups is 1. The van der Waals surface area contributed by atoms with Crippen molar-refractivity contribution in [3.05, 3.63) is 42.2 Å². The first kappa shape index (κ1) is 18.0. The Hall–Kier alpha value is -1.80. The van der Waals surface area contributed by atoms with Crippen molar-refractivity contribution in [3.8, 4) is 11.4 Å². The molecule has 0 unspecified atom stereocenters. The van der Waals surface area contributed by atoms with E-state index in [1.165, 1.54) is 0 Å². The third-order valence-electron chi connectivity index (χ3n) is 4.85. The largest absolute Gasteiger partial charge is 0.498 e. The van der Waals surface area contributed by atoms with Crippen LogP contribution in [0.15, 0.2) is 36.7 Å². The zero-order chi connectivity index (χ0) is 18.1. The molecule has 7 heteroatoms. The molecule has 0 bridgehead atoms. The standard InChI is InChI=1S/C18H25BN4O2/c1-17(2)18(3,4)25-19(24-17)15-11-21-16(22-12-15)14-8-6-7-13(9-14)10-23-20-5/h6-9,11-12,20,23H,10H2,1-5H3. The van der Waals surface area contributed by atoms with E-state index in [9.17, 15) is 0 Å². The molecule has 0 atom stereocenters. The molecule has 2 aromatic rings. The van der Waals surface area contributed by atoms with Crippen molar-refractivity contribution in [1.82, 2.24) is 20.8 Å². The van der Waals surface area contributed by atoms with Crippen LogP contribution in [0.3, 0.4) is 0 Å². The Morgan fingerprint density at radius 2 is 1.68 bits per heavy atom. The number of aromatic nitrogens is 2. The van der Waals surface area contributed by atoms with Crippen LogP contribution in [0.4, 0.5) is 0 Å². The van der Waals surface area contributed by atoms with Gasteiger partial charge in [0.2, 0.25) is 0 Å². The van der Waals surface area contributed by atoms with Crippen molar-refractivity contribution in [1.29, 1.82) is 0 Å². The van der Waals surface area contributed by atoms with Gasteiger partial charge in [-0.1, -0.05) is 18.2 Å². The third-order valence-corrected chi connectivity index (χ3v) is 4.85. The number of nitrogens with one attached hydrogen (secondary N) is 2. The average molecular weight is 340 g/mol. The van der Waals surface area contributed by atoms with Crippen LogP contribution >= 0.6 is 0 Å². The van der Waals surface area contributed by atoms with Gasteiger partial charge in [0.25, 0.3) is 0 Å². The van der Waals surface area contributed by atoms with Crippen molar-refractivity contribution >= 4 is 12.6 Å². The molecule has 0 saturated carbocycles. The van der Waals surface area contributed by atoms with E-state index in [0.717, 1.165) is 23.1 Å². The van der Waals surface area contributed by atoms with E-state index >= 15 is 0 Å². The first-order valence-corrected chi connectivity index (χ1v) is 8.49. The maximum absolute atomic E-state index is 6.04. The fraction of sp³-hybridized carbons (Fsp3) is 0.444. The highest BCUT2D eigenvalue weighted by molar-refractivity contribution is 6.61. The van der Waals surface area contributed by atoms with Gasteiger partial charge in [0.1, 0.15) is 0 Å². The molecule has 1 aromatic carbocycles. The van der Waals surface area contributed by atoms with E-state index in [-0.39, 0.29) is 11.2 Å². The average Bonchev–Trinajstić information content (AvgIpc) is 2.81. The van der Waals surface area contributed by atoms with Gasteiger partial charge in [-0.25, -0.2) is 9.97 Å². The molecule has 1 aromatic heterocycles. The van der Waals surface area contributed by atoms with Gasteiger partial charge < -0.3 is 9.31 Å². The summed E-state index contributed by atoms with van der Waals surface area (Å²) in [6, 6.07) is 8.15. The highest BCUT2D eigenvalue weighted by Crippen LogP contribution is 2.36. The maximum atomic E-state index is 6.04. The predicted octanol–water partition coefficient (Wildman–Crippen LogP) is 1.67. The summed E-state index contributed by atoms with van der Waals surface area (Å²) in [5.41, 5.74) is 8.23. The van der Waals surface area contributed by atoms with Crippen molar-refractivity contribution in [2.45, 2.75) is 45.4 Å². The van der Waals surface area contributed by atoms with Gasteiger partial charge in [-0.15, -0.1) is 0 Å². The Labute approximate surface area is 149 Å². The van der Waals surface area contributed by atoms with Gasteiger partial charge >= 0.3 is 7.12 Å². The van der Waals surface area contributed by atoms with Crippen LogP contribution in [0.2, 0.25) is 0 Å². The lowest BCUT2D eigenvalue weighted by Crippen LogP contribution is -2.41. The summed E-state index contributed by atoms with van der Waals surface area (Å²) in [7, 11) is 1.41.